The van der Waals surface area contributed by atoms with Gasteiger partial charge in [0, 0.05) is 14.8 Å². The van der Waals surface area contributed by atoms with Gasteiger partial charge in [0.25, 0.3) is 0 Å². The first kappa shape index (κ1) is 12.2. The third-order valence-electron chi connectivity index (χ3n) is 2.12. The Morgan fingerprint density at radius 1 is 0.917 bits per heavy atom. The Labute approximate surface area is 80.8 Å². The fourth-order valence-electron chi connectivity index (χ4n) is 1.37. The van der Waals surface area contributed by atoms with Crippen LogP contribution in [0.1, 0.15) is 51.9 Å². The predicted molar refractivity (Wildman–Crippen MR) is 60.1 cm³/mol. The molecule has 1 aliphatic rings. The van der Waals surface area contributed by atoms with Crippen molar-refractivity contribution in [3.63, 3.8) is 0 Å². The molecule has 0 saturated heterocycles. The van der Waals surface area contributed by atoms with Crippen LogP contribution in [0.2, 0.25) is 6.32 Å². The molecule has 0 amide bonds. The third kappa shape index (κ3) is 10.2. The highest BCUT2D eigenvalue weighted by Gasteiger charge is 1.95. The molecule has 0 unspecified atom stereocenters. The van der Waals surface area contributed by atoms with E-state index in [1.807, 2.05) is 14.1 Å². The molecule has 0 heterocycles. The Hall–Kier alpha value is 0.195. The summed E-state index contributed by atoms with van der Waals surface area (Å²) in [7, 11) is 8.42. The quantitative estimate of drug-likeness (QED) is 0.429. The van der Waals surface area contributed by atoms with Crippen molar-refractivity contribution < 1.29 is 0 Å². The zero-order chi connectivity index (χ0) is 9.07. The molecule has 0 aromatic carbocycles. The number of hydrogen-bond donors (Lipinski definition) is 0. The lowest BCUT2D eigenvalue weighted by atomic mass is 9.27. The predicted octanol–water partition coefficient (Wildman–Crippen LogP) is 2.56. The zero-order valence-electron chi connectivity index (χ0n) is 8.39. The van der Waals surface area contributed by atoms with Crippen LogP contribution >= 0.6 is 0 Å². The van der Waals surface area contributed by atoms with Crippen molar-refractivity contribution in [1.82, 2.24) is 0 Å². The van der Waals surface area contributed by atoms with Gasteiger partial charge in [0.05, 0.1) is 7.17 Å². The van der Waals surface area contributed by atoms with Crippen LogP contribution in [0.4, 0.5) is 0 Å². The number of hydrogen-bond acceptors (Lipinski definition) is 0. The summed E-state index contributed by atoms with van der Waals surface area (Å²) < 4.78 is 0. The minimum Gasteiger partial charge on any atom is -0.0923 e. The van der Waals surface area contributed by atoms with Crippen LogP contribution in [0.3, 0.4) is 0 Å². The van der Waals surface area contributed by atoms with E-state index in [0.717, 1.165) is 6.32 Å². The zero-order valence-corrected chi connectivity index (χ0v) is 8.39. The molecule has 1 fully saturated rings. The van der Waals surface area contributed by atoms with Crippen molar-refractivity contribution in [3.05, 3.63) is 0 Å². The lowest BCUT2D eigenvalue weighted by Gasteiger charge is -1.85. The molecule has 3 heteroatoms. The fraction of sp³-hybridized carbons (Fsp3) is 1.00. The highest BCUT2D eigenvalue weighted by atomic mass is 14.0. The normalized spacial score (nSPS) is 16.8. The molecular formula is C9H19B3. The molecule has 4 radical (unpaired) electrons. The van der Waals surface area contributed by atoms with Gasteiger partial charge < -0.3 is 0 Å². The maximum atomic E-state index is 4.96. The van der Waals surface area contributed by atoms with E-state index in [9.17, 15) is 0 Å². The van der Waals surface area contributed by atoms with Gasteiger partial charge in [-0.1, -0.05) is 58.2 Å². The highest BCUT2D eigenvalue weighted by Crippen LogP contribution is 2.15. The van der Waals surface area contributed by atoms with E-state index in [4.69, 9.17) is 7.74 Å². The maximum Gasteiger partial charge on any atom is 0.0541 e. The van der Waals surface area contributed by atoms with E-state index >= 15 is 0 Å². The van der Waals surface area contributed by atoms with E-state index in [-0.39, 0.29) is 0 Å². The Bertz CT molecular complexity index is 54.5. The van der Waals surface area contributed by atoms with Crippen molar-refractivity contribution in [2.45, 2.75) is 58.2 Å². The van der Waals surface area contributed by atoms with Gasteiger partial charge >= 0.3 is 0 Å². The smallest absolute Gasteiger partial charge is 0.0541 e. The van der Waals surface area contributed by atoms with Crippen LogP contribution in [0.25, 0.3) is 0 Å². The molecule has 12 heavy (non-hydrogen) atoms. The number of rotatable bonds is 2. The first-order valence-corrected chi connectivity index (χ1v) is 5.28. The molecule has 0 nitrogen and oxygen atoms in total. The Kier molecular flexibility index (Phi) is 11.4. The molecule has 1 rings (SSSR count). The van der Waals surface area contributed by atoms with Crippen LogP contribution in [-0.4, -0.2) is 22.0 Å². The monoisotopic (exact) mass is 160 g/mol. The van der Waals surface area contributed by atoms with Crippen LogP contribution in [-0.2, 0) is 0 Å². The summed E-state index contributed by atoms with van der Waals surface area (Å²) in [6.07, 6.45) is 11.5. The first-order valence-electron chi connectivity index (χ1n) is 5.28. The molecule has 0 aromatic rings. The fourth-order valence-corrected chi connectivity index (χ4v) is 1.37. The summed E-state index contributed by atoms with van der Waals surface area (Å²) >= 11 is 0. The highest BCUT2D eigenvalue weighted by molar-refractivity contribution is 7.23. The minimum atomic E-state index is 1.04. The van der Waals surface area contributed by atoms with Crippen molar-refractivity contribution >= 4 is 22.0 Å². The summed E-state index contributed by atoms with van der Waals surface area (Å²) in [5.41, 5.74) is 0. The summed E-state index contributed by atoms with van der Waals surface area (Å²) in [6, 6.07) is 0. The molecule has 0 bridgehead atoms. The van der Waals surface area contributed by atoms with Gasteiger partial charge in [0.15, 0.2) is 0 Å². The van der Waals surface area contributed by atoms with E-state index in [0.29, 0.717) is 0 Å². The standard InChI is InChI=1S/C7H14.C2H5B3/c1-2-4-6-7-5-3-1;1-2-4-5-3/h1-7H2;2H2,1H3. The minimum absolute atomic E-state index is 1.04. The molecule has 1 saturated carbocycles. The van der Waals surface area contributed by atoms with Crippen LogP contribution in [0, 0.1) is 0 Å². The van der Waals surface area contributed by atoms with Crippen molar-refractivity contribution in [1.29, 1.82) is 0 Å². The maximum absolute atomic E-state index is 4.96. The van der Waals surface area contributed by atoms with E-state index in [1.165, 1.54) is 44.9 Å². The van der Waals surface area contributed by atoms with Crippen molar-refractivity contribution in [2.24, 2.45) is 0 Å². The average Bonchev–Trinajstić information content (AvgIpc) is 2.37. The average molecular weight is 160 g/mol. The first-order chi connectivity index (χ1) is 5.91. The second-order valence-corrected chi connectivity index (χ2v) is 3.31. The second-order valence-electron chi connectivity index (χ2n) is 3.31. The molecule has 0 aliphatic heterocycles. The molecule has 0 aromatic heterocycles. The molecule has 1 aliphatic carbocycles. The summed E-state index contributed by atoms with van der Waals surface area (Å²) in [4.78, 5) is 0. The van der Waals surface area contributed by atoms with Gasteiger partial charge in [-0.2, -0.15) is 0 Å². The van der Waals surface area contributed by atoms with Crippen molar-refractivity contribution in [2.75, 3.05) is 0 Å². The van der Waals surface area contributed by atoms with E-state index in [1.54, 1.807) is 7.06 Å². The van der Waals surface area contributed by atoms with Gasteiger partial charge in [-0.05, 0) is 0 Å². The third-order valence-corrected chi connectivity index (χ3v) is 2.12. The second kappa shape index (κ2) is 11.2. The largest absolute Gasteiger partial charge is 0.0923 e. The SMILES string of the molecule is C1CCCCCC1.[B][B][B]CC. The van der Waals surface area contributed by atoms with Crippen molar-refractivity contribution in [3.8, 4) is 0 Å². The Balaban J connectivity index is 0.000000217. The Morgan fingerprint density at radius 2 is 1.25 bits per heavy atom. The summed E-state index contributed by atoms with van der Waals surface area (Å²) in [5.74, 6) is 0. The molecule has 64 valence electrons. The lowest BCUT2D eigenvalue weighted by molar-refractivity contribution is 0.702. The Morgan fingerprint density at radius 3 is 1.33 bits per heavy atom. The van der Waals surface area contributed by atoms with E-state index < -0.39 is 0 Å². The van der Waals surface area contributed by atoms with Gasteiger partial charge in [-0.25, -0.2) is 0 Å². The van der Waals surface area contributed by atoms with Gasteiger partial charge in [0.1, 0.15) is 0 Å². The summed E-state index contributed by atoms with van der Waals surface area (Å²) in [5, 5.41) is 0. The topological polar surface area (TPSA) is 0 Å². The lowest BCUT2D eigenvalue weighted by Crippen LogP contribution is -1.98. The van der Waals surface area contributed by atoms with Crippen LogP contribution < -0.4 is 0 Å². The van der Waals surface area contributed by atoms with Crippen LogP contribution in [0.15, 0.2) is 0 Å². The molecule has 0 N–H and O–H groups in total. The molecule has 0 spiro atoms. The van der Waals surface area contributed by atoms with Gasteiger partial charge in [-0.3, -0.25) is 0 Å². The van der Waals surface area contributed by atoms with Gasteiger partial charge in [0.2, 0.25) is 0 Å². The van der Waals surface area contributed by atoms with E-state index in [2.05, 4.69) is 0 Å². The molecule has 0 atom stereocenters. The summed E-state index contributed by atoms with van der Waals surface area (Å²) in [6.45, 7) is 2.04. The van der Waals surface area contributed by atoms with Gasteiger partial charge in [-0.15, -0.1) is 0 Å². The van der Waals surface area contributed by atoms with Crippen LogP contribution in [0.5, 0.6) is 0 Å². The molecular weight excluding hydrogens is 141 g/mol.